The summed E-state index contributed by atoms with van der Waals surface area (Å²) >= 11 is 0. The third-order valence-corrected chi connectivity index (χ3v) is 3.34. The minimum atomic E-state index is -4.52. The first kappa shape index (κ1) is 21.8. The van der Waals surface area contributed by atoms with Crippen molar-refractivity contribution in [3.63, 3.8) is 0 Å². The Morgan fingerprint density at radius 3 is 2.41 bits per heavy atom. The molecule has 0 spiro atoms. The van der Waals surface area contributed by atoms with Crippen molar-refractivity contribution in [1.29, 1.82) is 5.26 Å². The van der Waals surface area contributed by atoms with E-state index >= 15 is 0 Å². The van der Waals surface area contributed by atoms with E-state index in [4.69, 9.17) is 16.1 Å². The normalized spacial score (nSPS) is 10.4. The molecule has 0 fully saturated rings. The lowest BCUT2D eigenvalue weighted by atomic mass is 10.1. The van der Waals surface area contributed by atoms with Gasteiger partial charge >= 0.3 is 6.18 Å². The van der Waals surface area contributed by atoms with Crippen LogP contribution < -0.4 is 11.1 Å². The highest BCUT2D eigenvalue weighted by Crippen LogP contribution is 2.35. The number of nitrogens with one attached hydrogen (secondary N) is 1. The first-order valence-electron chi connectivity index (χ1n) is 7.88. The highest BCUT2D eigenvalue weighted by molar-refractivity contribution is 5.59. The fourth-order valence-electron chi connectivity index (χ4n) is 2.14. The maximum Gasteiger partial charge on any atom is 0.418 e. The number of aryl methyl sites for hydroxylation is 1. The van der Waals surface area contributed by atoms with Crippen molar-refractivity contribution in [2.45, 2.75) is 25.9 Å². The summed E-state index contributed by atoms with van der Waals surface area (Å²) in [6, 6.07) is 9.77. The van der Waals surface area contributed by atoms with E-state index in [1.807, 2.05) is 6.92 Å². The molecule has 0 atom stereocenters. The van der Waals surface area contributed by atoms with Crippen LogP contribution in [0.4, 0.5) is 28.9 Å². The molecule has 0 heterocycles. The van der Waals surface area contributed by atoms with Crippen LogP contribution in [-0.4, -0.2) is 5.11 Å². The minimum Gasteiger partial charge on any atom is -0.495 e. The third-order valence-electron chi connectivity index (χ3n) is 3.34. The number of aliphatic hydroxyl groups excluding tert-OH is 1. The lowest BCUT2D eigenvalue weighted by molar-refractivity contribution is -0.136. The number of aliphatic hydroxyl groups is 1. The maximum absolute atomic E-state index is 13.0. The molecule has 0 saturated heterocycles. The predicted molar refractivity (Wildman–Crippen MR) is 96.4 cm³/mol. The van der Waals surface area contributed by atoms with Crippen LogP contribution in [0.25, 0.3) is 0 Å². The Bertz CT molecular complexity index is 842. The van der Waals surface area contributed by atoms with Crippen molar-refractivity contribution >= 4 is 11.4 Å². The van der Waals surface area contributed by atoms with Crippen molar-refractivity contribution in [2.24, 2.45) is 0 Å². The molecule has 0 aliphatic heterocycles. The van der Waals surface area contributed by atoms with Gasteiger partial charge in [-0.1, -0.05) is 19.4 Å². The quantitative estimate of drug-likeness (QED) is 0.377. The Kier molecular flexibility index (Phi) is 7.66. The molecular formula is C19H19F4N3O. The summed E-state index contributed by atoms with van der Waals surface area (Å²) in [4.78, 5) is 0. The van der Waals surface area contributed by atoms with Gasteiger partial charge < -0.3 is 16.2 Å². The summed E-state index contributed by atoms with van der Waals surface area (Å²) in [6.45, 7) is 5.13. The van der Waals surface area contributed by atoms with Gasteiger partial charge in [-0.05, 0) is 48.9 Å². The van der Waals surface area contributed by atoms with Gasteiger partial charge in [-0.25, -0.2) is 4.39 Å². The molecule has 2 rings (SSSR count). The zero-order chi connectivity index (χ0) is 20.6. The van der Waals surface area contributed by atoms with Crippen LogP contribution in [0.3, 0.4) is 0 Å². The molecule has 4 N–H and O–H groups in total. The molecule has 0 saturated carbocycles. The second-order valence-corrected chi connectivity index (χ2v) is 5.55. The summed E-state index contributed by atoms with van der Waals surface area (Å²) in [5.74, 6) is -0.851. The van der Waals surface area contributed by atoms with Crippen molar-refractivity contribution in [1.82, 2.24) is 0 Å². The van der Waals surface area contributed by atoms with Gasteiger partial charge in [0.05, 0.1) is 11.1 Å². The van der Waals surface area contributed by atoms with E-state index in [0.717, 1.165) is 30.5 Å². The Balaban J connectivity index is 0.000000277. The monoisotopic (exact) mass is 381 g/mol. The van der Waals surface area contributed by atoms with Crippen molar-refractivity contribution in [3.8, 4) is 6.07 Å². The average molecular weight is 381 g/mol. The first-order chi connectivity index (χ1) is 12.6. The minimum absolute atomic E-state index is 0.0732. The van der Waals surface area contributed by atoms with Gasteiger partial charge in [-0.3, -0.25) is 0 Å². The topological polar surface area (TPSA) is 82.1 Å². The molecule has 0 aromatic heterocycles. The average Bonchev–Trinajstić information content (AvgIpc) is 2.56. The number of nitrogens with two attached hydrogens (primary N) is 1. The summed E-state index contributed by atoms with van der Waals surface area (Å²) < 4.78 is 50.1. The fraction of sp³-hybridized carbons (Fsp3) is 0.211. The number of nitrogen functional groups attached to an aromatic ring is 1. The molecule has 8 heteroatoms. The number of hydrogen-bond acceptors (Lipinski definition) is 4. The number of anilines is 2. The van der Waals surface area contributed by atoms with Crippen molar-refractivity contribution in [3.05, 3.63) is 71.4 Å². The van der Waals surface area contributed by atoms with Gasteiger partial charge in [0, 0.05) is 11.4 Å². The highest BCUT2D eigenvalue weighted by Gasteiger charge is 2.33. The summed E-state index contributed by atoms with van der Waals surface area (Å²) in [6.07, 6.45) is -2.66. The van der Waals surface area contributed by atoms with E-state index in [1.165, 1.54) is 18.2 Å². The number of nitrogens with zero attached hydrogens (tertiary/aromatic N) is 1. The Labute approximate surface area is 154 Å². The van der Waals surface area contributed by atoms with E-state index in [9.17, 15) is 17.6 Å². The zero-order valence-corrected chi connectivity index (χ0v) is 14.6. The number of alkyl halides is 3. The summed E-state index contributed by atoms with van der Waals surface area (Å²) in [5, 5.41) is 19.4. The molecular weight excluding hydrogens is 362 g/mol. The van der Waals surface area contributed by atoms with Gasteiger partial charge in [0.1, 0.15) is 11.9 Å². The largest absolute Gasteiger partial charge is 0.495 e. The van der Waals surface area contributed by atoms with Crippen LogP contribution in [-0.2, 0) is 12.6 Å². The summed E-state index contributed by atoms with van der Waals surface area (Å²) in [5.41, 5.74) is 5.01. The molecule has 0 aliphatic rings. The number of nitriles is 1. The SMILES string of the molecule is C=C(O)Nc1ccc(N)c(C(F)(F)F)c1.CCCc1ccc(C#N)c(F)c1. The molecule has 144 valence electrons. The zero-order valence-electron chi connectivity index (χ0n) is 14.6. The Morgan fingerprint density at radius 2 is 1.93 bits per heavy atom. The molecule has 0 aliphatic carbocycles. The van der Waals surface area contributed by atoms with Crippen molar-refractivity contribution in [2.75, 3.05) is 11.1 Å². The highest BCUT2D eigenvalue weighted by atomic mass is 19.4. The standard InChI is InChI=1S/C10H10FN.C9H9F3N2O/c1-2-3-8-4-5-9(7-12)10(11)6-8;1-5(15)14-6-2-3-8(13)7(4-6)9(10,11)12/h4-6H,2-3H2,1H3;2-4,14-15H,1,13H2. The van der Waals surface area contributed by atoms with Gasteiger partial charge in [-0.2, -0.15) is 18.4 Å². The van der Waals surface area contributed by atoms with E-state index < -0.39 is 23.4 Å². The molecule has 0 amide bonds. The number of rotatable bonds is 4. The Morgan fingerprint density at radius 1 is 1.26 bits per heavy atom. The van der Waals surface area contributed by atoms with Gasteiger partial charge in [0.25, 0.3) is 0 Å². The molecule has 4 nitrogen and oxygen atoms in total. The molecule has 0 bridgehead atoms. The van der Waals surface area contributed by atoms with Gasteiger partial charge in [-0.15, -0.1) is 0 Å². The number of hydrogen-bond donors (Lipinski definition) is 3. The van der Waals surface area contributed by atoms with E-state index in [0.29, 0.717) is 0 Å². The van der Waals surface area contributed by atoms with Gasteiger partial charge in [0.15, 0.2) is 5.88 Å². The van der Waals surface area contributed by atoms with Crippen LogP contribution in [0.1, 0.15) is 30.0 Å². The van der Waals surface area contributed by atoms with Crippen molar-refractivity contribution < 1.29 is 22.7 Å². The lowest BCUT2D eigenvalue weighted by Crippen LogP contribution is -2.09. The van der Waals surface area contributed by atoms with Crippen LogP contribution in [0.2, 0.25) is 0 Å². The van der Waals surface area contributed by atoms with Crippen LogP contribution >= 0.6 is 0 Å². The predicted octanol–water partition coefficient (Wildman–Crippen LogP) is 5.38. The maximum atomic E-state index is 13.0. The third kappa shape index (κ3) is 6.90. The lowest BCUT2D eigenvalue weighted by Gasteiger charge is -2.12. The van der Waals surface area contributed by atoms with Gasteiger partial charge in [0.2, 0.25) is 0 Å². The first-order valence-corrected chi connectivity index (χ1v) is 7.88. The number of halogens is 4. The second kappa shape index (κ2) is 9.48. The molecule has 27 heavy (non-hydrogen) atoms. The summed E-state index contributed by atoms with van der Waals surface area (Å²) in [7, 11) is 0. The fourth-order valence-corrected chi connectivity index (χ4v) is 2.14. The molecule has 0 radical (unpaired) electrons. The Hall–Kier alpha value is -3.21. The van der Waals surface area contributed by atoms with E-state index in [1.54, 1.807) is 12.1 Å². The van der Waals surface area contributed by atoms with E-state index in [2.05, 4.69) is 11.9 Å². The smallest absolute Gasteiger partial charge is 0.418 e. The van der Waals surface area contributed by atoms with Crippen LogP contribution in [0, 0.1) is 17.1 Å². The van der Waals surface area contributed by atoms with E-state index in [-0.39, 0.29) is 16.9 Å². The second-order valence-electron chi connectivity index (χ2n) is 5.55. The molecule has 2 aromatic carbocycles. The van der Waals surface area contributed by atoms with Crippen LogP contribution in [0.15, 0.2) is 48.9 Å². The molecule has 0 unspecified atom stereocenters. The number of benzene rings is 2. The van der Waals surface area contributed by atoms with Crippen LogP contribution in [0.5, 0.6) is 0 Å². The molecule has 2 aromatic rings.